The Balaban J connectivity index is 1.67. The molecule has 0 saturated carbocycles. The molecule has 0 bridgehead atoms. The highest BCUT2D eigenvalue weighted by atomic mass is 16.4. The zero-order valence-electron chi connectivity index (χ0n) is 11.8. The summed E-state index contributed by atoms with van der Waals surface area (Å²) in [5, 5.41) is 3.46. The highest BCUT2D eigenvalue weighted by Crippen LogP contribution is 2.16. The number of allylic oxidation sites excluding steroid dienone is 1. The summed E-state index contributed by atoms with van der Waals surface area (Å²) in [4.78, 5) is 0. The molecule has 1 fully saturated rings. The van der Waals surface area contributed by atoms with Crippen LogP contribution in [0, 0.1) is 0 Å². The molecule has 2 unspecified atom stereocenters. The number of rotatable bonds is 6. The topological polar surface area (TPSA) is 21.3 Å². The van der Waals surface area contributed by atoms with E-state index in [0.717, 1.165) is 37.8 Å². The van der Waals surface area contributed by atoms with Crippen molar-refractivity contribution in [1.29, 1.82) is 0 Å². The van der Waals surface area contributed by atoms with Crippen LogP contribution in [0.1, 0.15) is 38.2 Å². The van der Waals surface area contributed by atoms with Crippen molar-refractivity contribution in [2.75, 3.05) is 0 Å². The molecule has 0 spiro atoms. The Morgan fingerprint density at radius 1 is 1.37 bits per heavy atom. The molecule has 101 valence electrons. The van der Waals surface area contributed by atoms with Gasteiger partial charge in [-0.05, 0) is 37.7 Å². The Kier molecular flexibility index (Phi) is 5.52. The SMILES string of the molecule is C=C(CCc1ccccc1)NC1[B]OC(CC)CC1. The zero-order chi connectivity index (χ0) is 13.5. The summed E-state index contributed by atoms with van der Waals surface area (Å²) in [6.45, 7) is 6.29. The first-order chi connectivity index (χ1) is 9.28. The lowest BCUT2D eigenvalue weighted by Crippen LogP contribution is -2.41. The fourth-order valence-corrected chi connectivity index (χ4v) is 2.39. The van der Waals surface area contributed by atoms with E-state index >= 15 is 0 Å². The van der Waals surface area contributed by atoms with Gasteiger partial charge in [-0.3, -0.25) is 0 Å². The van der Waals surface area contributed by atoms with Crippen LogP contribution < -0.4 is 5.32 Å². The summed E-state index contributed by atoms with van der Waals surface area (Å²) < 4.78 is 5.67. The van der Waals surface area contributed by atoms with Gasteiger partial charge in [-0.15, -0.1) is 0 Å². The molecule has 1 aromatic carbocycles. The molecular formula is C16H23BNO. The second-order valence-electron chi connectivity index (χ2n) is 5.22. The van der Waals surface area contributed by atoms with E-state index in [0.29, 0.717) is 12.0 Å². The minimum atomic E-state index is 0.325. The monoisotopic (exact) mass is 256 g/mol. The standard InChI is InChI=1S/C16H23BNO/c1-3-15-11-12-16(17-19-15)18-13(2)9-10-14-7-5-4-6-8-14/h4-8,15-16,18H,2-3,9-12H2,1H3. The van der Waals surface area contributed by atoms with Gasteiger partial charge in [0.25, 0.3) is 0 Å². The van der Waals surface area contributed by atoms with Crippen molar-refractivity contribution in [1.82, 2.24) is 5.32 Å². The Bertz CT molecular complexity index is 385. The number of hydrogen-bond acceptors (Lipinski definition) is 2. The van der Waals surface area contributed by atoms with Crippen LogP contribution in [0.25, 0.3) is 0 Å². The maximum atomic E-state index is 5.67. The Morgan fingerprint density at radius 3 is 2.79 bits per heavy atom. The van der Waals surface area contributed by atoms with Crippen LogP contribution in [0.15, 0.2) is 42.6 Å². The van der Waals surface area contributed by atoms with Crippen LogP contribution in [-0.2, 0) is 11.1 Å². The predicted octanol–water partition coefficient (Wildman–Crippen LogP) is 3.26. The Morgan fingerprint density at radius 2 is 2.16 bits per heavy atom. The number of nitrogens with one attached hydrogen (secondary N) is 1. The number of hydrogen-bond donors (Lipinski definition) is 1. The molecule has 3 heteroatoms. The lowest BCUT2D eigenvalue weighted by molar-refractivity contribution is 0.164. The van der Waals surface area contributed by atoms with E-state index in [2.05, 4.69) is 49.2 Å². The molecule has 2 rings (SSSR count). The maximum absolute atomic E-state index is 5.67. The van der Waals surface area contributed by atoms with E-state index in [1.807, 2.05) is 7.48 Å². The van der Waals surface area contributed by atoms with Gasteiger partial charge in [0.1, 0.15) is 0 Å². The first kappa shape index (κ1) is 14.2. The average Bonchev–Trinajstić information content (AvgIpc) is 2.47. The van der Waals surface area contributed by atoms with Crippen molar-refractivity contribution < 1.29 is 4.65 Å². The summed E-state index contributed by atoms with van der Waals surface area (Å²) in [6, 6.07) is 10.5. The van der Waals surface area contributed by atoms with E-state index in [1.54, 1.807) is 0 Å². The highest BCUT2D eigenvalue weighted by molar-refractivity contribution is 6.30. The minimum Gasteiger partial charge on any atom is -0.436 e. The summed E-state index contributed by atoms with van der Waals surface area (Å²) in [6.07, 6.45) is 5.80. The van der Waals surface area contributed by atoms with E-state index in [4.69, 9.17) is 4.65 Å². The molecular weight excluding hydrogens is 233 g/mol. The predicted molar refractivity (Wildman–Crippen MR) is 81.0 cm³/mol. The number of benzene rings is 1. The van der Waals surface area contributed by atoms with E-state index in [1.165, 1.54) is 5.56 Å². The molecule has 1 radical (unpaired) electrons. The van der Waals surface area contributed by atoms with Crippen molar-refractivity contribution in [3.63, 3.8) is 0 Å². The molecule has 1 aliphatic rings. The molecule has 1 aromatic rings. The third-order valence-electron chi connectivity index (χ3n) is 3.64. The fourth-order valence-electron chi connectivity index (χ4n) is 2.39. The summed E-state index contributed by atoms with van der Waals surface area (Å²) in [5.74, 6) is 0.325. The smallest absolute Gasteiger partial charge is 0.316 e. The first-order valence-electron chi connectivity index (χ1n) is 7.25. The van der Waals surface area contributed by atoms with Crippen molar-refractivity contribution in [3.8, 4) is 0 Å². The molecule has 0 aromatic heterocycles. The average molecular weight is 256 g/mol. The van der Waals surface area contributed by atoms with Gasteiger partial charge in [0.2, 0.25) is 0 Å². The van der Waals surface area contributed by atoms with Crippen molar-refractivity contribution in [2.24, 2.45) is 0 Å². The van der Waals surface area contributed by atoms with Crippen molar-refractivity contribution >= 4 is 7.48 Å². The minimum absolute atomic E-state index is 0.325. The third-order valence-corrected chi connectivity index (χ3v) is 3.64. The van der Waals surface area contributed by atoms with Crippen LogP contribution >= 0.6 is 0 Å². The van der Waals surface area contributed by atoms with E-state index < -0.39 is 0 Å². The van der Waals surface area contributed by atoms with Gasteiger partial charge >= 0.3 is 7.48 Å². The van der Waals surface area contributed by atoms with Crippen molar-refractivity contribution in [2.45, 2.75) is 51.1 Å². The van der Waals surface area contributed by atoms with Crippen LogP contribution in [-0.4, -0.2) is 19.5 Å². The second kappa shape index (κ2) is 7.39. The van der Waals surface area contributed by atoms with Gasteiger partial charge in [0, 0.05) is 17.7 Å². The molecule has 0 amide bonds. The normalized spacial score (nSPS) is 22.6. The second-order valence-corrected chi connectivity index (χ2v) is 5.22. The van der Waals surface area contributed by atoms with E-state index in [9.17, 15) is 0 Å². The molecule has 1 saturated heterocycles. The first-order valence-corrected chi connectivity index (χ1v) is 7.25. The third kappa shape index (κ3) is 4.75. The number of aryl methyl sites for hydroxylation is 1. The van der Waals surface area contributed by atoms with Crippen LogP contribution in [0.2, 0.25) is 0 Å². The molecule has 1 N–H and O–H groups in total. The largest absolute Gasteiger partial charge is 0.436 e. The molecule has 1 heterocycles. The Hall–Kier alpha value is -1.22. The van der Waals surface area contributed by atoms with Crippen LogP contribution in [0.3, 0.4) is 0 Å². The van der Waals surface area contributed by atoms with Gasteiger partial charge in [0.05, 0.1) is 0 Å². The molecule has 19 heavy (non-hydrogen) atoms. The van der Waals surface area contributed by atoms with Crippen LogP contribution in [0.4, 0.5) is 0 Å². The van der Waals surface area contributed by atoms with Gasteiger partial charge < -0.3 is 9.97 Å². The van der Waals surface area contributed by atoms with Gasteiger partial charge in [-0.25, -0.2) is 0 Å². The van der Waals surface area contributed by atoms with Gasteiger partial charge in [-0.2, -0.15) is 0 Å². The highest BCUT2D eigenvalue weighted by Gasteiger charge is 2.22. The summed E-state index contributed by atoms with van der Waals surface area (Å²) in [7, 11) is 1.95. The maximum Gasteiger partial charge on any atom is 0.316 e. The molecule has 0 aliphatic carbocycles. The molecule has 1 aliphatic heterocycles. The van der Waals surface area contributed by atoms with Gasteiger partial charge in [-0.1, -0.05) is 43.8 Å². The Labute approximate surface area is 117 Å². The van der Waals surface area contributed by atoms with E-state index in [-0.39, 0.29) is 0 Å². The lowest BCUT2D eigenvalue weighted by atomic mass is 9.79. The quantitative estimate of drug-likeness (QED) is 0.789. The fraction of sp³-hybridized carbons (Fsp3) is 0.500. The van der Waals surface area contributed by atoms with Crippen molar-refractivity contribution in [3.05, 3.63) is 48.2 Å². The lowest BCUT2D eigenvalue weighted by Gasteiger charge is -2.29. The van der Waals surface area contributed by atoms with Gasteiger partial charge in [0.15, 0.2) is 0 Å². The molecule has 2 atom stereocenters. The zero-order valence-corrected chi connectivity index (χ0v) is 11.8. The van der Waals surface area contributed by atoms with Crippen LogP contribution in [0.5, 0.6) is 0 Å². The summed E-state index contributed by atoms with van der Waals surface area (Å²) in [5.41, 5.74) is 2.46. The molecule has 2 nitrogen and oxygen atoms in total. The summed E-state index contributed by atoms with van der Waals surface area (Å²) >= 11 is 0.